The lowest BCUT2D eigenvalue weighted by atomic mass is 9.98. The number of fused-ring (bicyclic) bond motifs is 1. The Morgan fingerprint density at radius 2 is 1.81 bits per heavy atom. The van der Waals surface area contributed by atoms with Crippen LogP contribution < -0.4 is 4.90 Å². The summed E-state index contributed by atoms with van der Waals surface area (Å²) in [5, 5.41) is 0.640. The van der Waals surface area contributed by atoms with Crippen molar-refractivity contribution in [2.75, 3.05) is 24.5 Å². The van der Waals surface area contributed by atoms with Crippen molar-refractivity contribution in [3.05, 3.63) is 51.9 Å². The standard InChI is InChI=1S/C21H25ClN4O/c1-14-7-10-25(11-8-14)20-18-13-26(12-9-19(18)23-15(2)24-20)21(27)16-3-5-17(22)6-4-16/h3-6,14H,7-13H2,1-2H3. The molecule has 0 unspecified atom stereocenters. The number of amides is 1. The molecule has 142 valence electrons. The van der Waals surface area contributed by atoms with Crippen molar-refractivity contribution in [3.63, 3.8) is 0 Å². The van der Waals surface area contributed by atoms with Crippen molar-refractivity contribution in [2.45, 2.75) is 39.7 Å². The van der Waals surface area contributed by atoms with Gasteiger partial charge >= 0.3 is 0 Å². The SMILES string of the molecule is Cc1nc2c(c(N3CCC(C)CC3)n1)CN(C(=O)c1ccc(Cl)cc1)CC2. The molecule has 0 aliphatic carbocycles. The molecule has 6 heteroatoms. The molecule has 1 saturated heterocycles. The fourth-order valence-corrected chi connectivity index (χ4v) is 4.07. The van der Waals surface area contributed by atoms with Gasteiger partial charge in [-0.25, -0.2) is 9.97 Å². The summed E-state index contributed by atoms with van der Waals surface area (Å²) in [6.45, 7) is 7.57. The second-order valence-electron chi connectivity index (χ2n) is 7.67. The number of carbonyl (C=O) groups is 1. The number of anilines is 1. The minimum absolute atomic E-state index is 0.0381. The minimum atomic E-state index is 0.0381. The number of aryl methyl sites for hydroxylation is 1. The molecule has 0 bridgehead atoms. The smallest absolute Gasteiger partial charge is 0.254 e. The van der Waals surface area contributed by atoms with Gasteiger partial charge in [-0.05, 0) is 49.9 Å². The maximum Gasteiger partial charge on any atom is 0.254 e. The summed E-state index contributed by atoms with van der Waals surface area (Å²) in [6.07, 6.45) is 3.14. The highest BCUT2D eigenvalue weighted by atomic mass is 35.5. The third-order valence-corrected chi connectivity index (χ3v) is 5.86. The first-order valence-corrected chi connectivity index (χ1v) is 10.0. The zero-order valence-corrected chi connectivity index (χ0v) is 16.7. The van der Waals surface area contributed by atoms with E-state index in [0.29, 0.717) is 23.7 Å². The Kier molecular flexibility index (Phi) is 5.04. The van der Waals surface area contributed by atoms with Gasteiger partial charge in [0.1, 0.15) is 11.6 Å². The molecule has 3 heterocycles. The minimum Gasteiger partial charge on any atom is -0.356 e. The summed E-state index contributed by atoms with van der Waals surface area (Å²) in [5.74, 6) is 2.65. The summed E-state index contributed by atoms with van der Waals surface area (Å²) >= 11 is 5.95. The topological polar surface area (TPSA) is 49.3 Å². The molecule has 1 aromatic heterocycles. The number of hydrogen-bond donors (Lipinski definition) is 0. The summed E-state index contributed by atoms with van der Waals surface area (Å²) in [7, 11) is 0. The van der Waals surface area contributed by atoms with Gasteiger partial charge in [0.2, 0.25) is 0 Å². The van der Waals surface area contributed by atoms with Crippen LogP contribution in [0.15, 0.2) is 24.3 Å². The predicted molar refractivity (Wildman–Crippen MR) is 107 cm³/mol. The molecule has 27 heavy (non-hydrogen) atoms. The third-order valence-electron chi connectivity index (χ3n) is 5.61. The van der Waals surface area contributed by atoms with E-state index in [4.69, 9.17) is 16.6 Å². The largest absolute Gasteiger partial charge is 0.356 e. The van der Waals surface area contributed by atoms with Gasteiger partial charge < -0.3 is 9.80 Å². The molecule has 1 amide bonds. The van der Waals surface area contributed by atoms with E-state index in [2.05, 4.69) is 16.8 Å². The number of benzene rings is 1. The molecule has 0 N–H and O–H groups in total. The van der Waals surface area contributed by atoms with Gasteiger partial charge in [0.25, 0.3) is 5.91 Å². The highest BCUT2D eigenvalue weighted by molar-refractivity contribution is 6.30. The molecule has 2 aliphatic heterocycles. The molecular formula is C21H25ClN4O. The first kappa shape index (κ1) is 18.2. The molecule has 0 saturated carbocycles. The fraction of sp³-hybridized carbons (Fsp3) is 0.476. The molecule has 1 fully saturated rings. The number of rotatable bonds is 2. The molecular weight excluding hydrogens is 360 g/mol. The van der Waals surface area contributed by atoms with E-state index in [1.54, 1.807) is 24.3 Å². The van der Waals surface area contributed by atoms with E-state index in [1.807, 2.05) is 11.8 Å². The van der Waals surface area contributed by atoms with Crippen LogP contribution in [0.3, 0.4) is 0 Å². The zero-order chi connectivity index (χ0) is 19.0. The number of piperidine rings is 1. The Labute approximate surface area is 165 Å². The maximum atomic E-state index is 12.9. The van der Waals surface area contributed by atoms with Crippen molar-refractivity contribution in [2.24, 2.45) is 5.92 Å². The van der Waals surface area contributed by atoms with Gasteiger partial charge in [-0.15, -0.1) is 0 Å². The van der Waals surface area contributed by atoms with E-state index in [0.717, 1.165) is 48.3 Å². The predicted octanol–water partition coefficient (Wildman–Crippen LogP) is 3.87. The van der Waals surface area contributed by atoms with Gasteiger partial charge in [0.05, 0.1) is 12.2 Å². The highest BCUT2D eigenvalue weighted by Crippen LogP contribution is 2.30. The lowest BCUT2D eigenvalue weighted by Gasteiger charge is -2.36. The van der Waals surface area contributed by atoms with Crippen LogP contribution in [0.5, 0.6) is 0 Å². The number of hydrogen-bond acceptors (Lipinski definition) is 4. The zero-order valence-electron chi connectivity index (χ0n) is 15.9. The molecule has 0 atom stereocenters. The van der Waals surface area contributed by atoms with Gasteiger partial charge in [0.15, 0.2) is 0 Å². The molecule has 2 aliphatic rings. The van der Waals surface area contributed by atoms with Crippen LogP contribution >= 0.6 is 11.6 Å². The van der Waals surface area contributed by atoms with Crippen LogP contribution in [0.1, 0.15) is 47.2 Å². The van der Waals surface area contributed by atoms with Crippen LogP contribution in [0.4, 0.5) is 5.82 Å². The van der Waals surface area contributed by atoms with Crippen LogP contribution in [0.2, 0.25) is 5.02 Å². The summed E-state index contributed by atoms with van der Waals surface area (Å²) in [6, 6.07) is 7.11. The third kappa shape index (κ3) is 3.79. The van der Waals surface area contributed by atoms with Crippen LogP contribution in [-0.4, -0.2) is 40.4 Å². The molecule has 2 aromatic rings. The van der Waals surface area contributed by atoms with Crippen molar-refractivity contribution in [3.8, 4) is 0 Å². The van der Waals surface area contributed by atoms with Crippen LogP contribution in [-0.2, 0) is 13.0 Å². The van der Waals surface area contributed by atoms with E-state index in [9.17, 15) is 4.79 Å². The Morgan fingerprint density at radius 3 is 2.52 bits per heavy atom. The Morgan fingerprint density at radius 1 is 1.11 bits per heavy atom. The molecule has 4 rings (SSSR count). The summed E-state index contributed by atoms with van der Waals surface area (Å²) < 4.78 is 0. The normalized spacial score (nSPS) is 17.7. The van der Waals surface area contributed by atoms with Crippen LogP contribution in [0.25, 0.3) is 0 Å². The lowest BCUT2D eigenvalue weighted by molar-refractivity contribution is 0.0733. The van der Waals surface area contributed by atoms with Crippen molar-refractivity contribution in [1.82, 2.24) is 14.9 Å². The van der Waals surface area contributed by atoms with Crippen molar-refractivity contribution in [1.29, 1.82) is 0 Å². The Balaban J connectivity index is 1.61. The van der Waals surface area contributed by atoms with Crippen molar-refractivity contribution < 1.29 is 4.79 Å². The van der Waals surface area contributed by atoms with Crippen LogP contribution in [0, 0.1) is 12.8 Å². The first-order valence-electron chi connectivity index (χ1n) is 9.67. The molecule has 1 aromatic carbocycles. The van der Waals surface area contributed by atoms with E-state index < -0.39 is 0 Å². The van der Waals surface area contributed by atoms with Gasteiger partial charge in [0, 0.05) is 42.2 Å². The lowest BCUT2D eigenvalue weighted by Crippen LogP contribution is -2.40. The van der Waals surface area contributed by atoms with E-state index in [-0.39, 0.29) is 5.91 Å². The Hall–Kier alpha value is -2.14. The molecule has 5 nitrogen and oxygen atoms in total. The number of halogens is 1. The van der Waals surface area contributed by atoms with Gasteiger partial charge in [-0.3, -0.25) is 4.79 Å². The number of aromatic nitrogens is 2. The quantitative estimate of drug-likeness (QED) is 0.788. The fourth-order valence-electron chi connectivity index (χ4n) is 3.95. The monoisotopic (exact) mass is 384 g/mol. The second kappa shape index (κ2) is 7.47. The summed E-state index contributed by atoms with van der Waals surface area (Å²) in [5.41, 5.74) is 2.88. The number of nitrogens with zero attached hydrogens (tertiary/aromatic N) is 4. The van der Waals surface area contributed by atoms with Crippen molar-refractivity contribution >= 4 is 23.3 Å². The maximum absolute atomic E-state index is 12.9. The molecule has 0 radical (unpaired) electrons. The second-order valence-corrected chi connectivity index (χ2v) is 8.11. The van der Waals surface area contributed by atoms with E-state index >= 15 is 0 Å². The average Bonchev–Trinajstić information content (AvgIpc) is 2.68. The first-order chi connectivity index (χ1) is 13.0. The van der Waals surface area contributed by atoms with Gasteiger partial charge in [-0.2, -0.15) is 0 Å². The van der Waals surface area contributed by atoms with Gasteiger partial charge in [-0.1, -0.05) is 18.5 Å². The number of carbonyl (C=O) groups excluding carboxylic acids is 1. The molecule has 0 spiro atoms. The summed E-state index contributed by atoms with van der Waals surface area (Å²) in [4.78, 5) is 26.7. The average molecular weight is 385 g/mol. The highest BCUT2D eigenvalue weighted by Gasteiger charge is 2.28. The van der Waals surface area contributed by atoms with E-state index in [1.165, 1.54) is 12.8 Å². The Bertz CT molecular complexity index is 844.